The van der Waals surface area contributed by atoms with Gasteiger partial charge in [-0.2, -0.15) is 0 Å². The molecule has 3 amide bonds. The van der Waals surface area contributed by atoms with Crippen LogP contribution in [0.4, 0.5) is 5.69 Å². The van der Waals surface area contributed by atoms with Crippen LogP contribution in [0.25, 0.3) is 0 Å². The number of nitrogens with one attached hydrogen (secondary N) is 2. The number of rotatable bonds is 8. The standard InChI is InChI=1S/C27H25N3O6/c1-18-7-9-19(10-8-18)26(33)29-30-16-20(15-25(30)32)27(34)35-17-24(31)28-21-11-13-23(14-12-21)36-22-5-3-2-4-6-22/h2-14,20H,15-17H2,1H3,(H,28,31)(H,29,33)/t20-/m1/s1. The van der Waals surface area contributed by atoms with Gasteiger partial charge in [-0.05, 0) is 55.5 Å². The van der Waals surface area contributed by atoms with Crippen LogP contribution < -0.4 is 15.5 Å². The van der Waals surface area contributed by atoms with Gasteiger partial charge in [0.25, 0.3) is 11.8 Å². The molecule has 0 radical (unpaired) electrons. The van der Waals surface area contributed by atoms with Crippen LogP contribution >= 0.6 is 0 Å². The summed E-state index contributed by atoms with van der Waals surface area (Å²) in [6.45, 7) is 1.38. The molecule has 2 N–H and O–H groups in total. The lowest BCUT2D eigenvalue weighted by Crippen LogP contribution is -2.43. The largest absolute Gasteiger partial charge is 0.457 e. The number of nitrogens with zero attached hydrogens (tertiary/aromatic N) is 1. The molecule has 0 aliphatic carbocycles. The van der Waals surface area contributed by atoms with Gasteiger partial charge in [-0.1, -0.05) is 35.9 Å². The van der Waals surface area contributed by atoms with Crippen LogP contribution in [0.15, 0.2) is 78.9 Å². The average molecular weight is 488 g/mol. The van der Waals surface area contributed by atoms with Gasteiger partial charge in [-0.15, -0.1) is 0 Å². The Morgan fingerprint density at radius 1 is 0.917 bits per heavy atom. The monoisotopic (exact) mass is 487 g/mol. The number of ether oxygens (including phenoxy) is 2. The molecular weight excluding hydrogens is 462 g/mol. The highest BCUT2D eigenvalue weighted by Gasteiger charge is 2.36. The number of hydrogen-bond acceptors (Lipinski definition) is 6. The number of benzene rings is 3. The predicted octanol–water partition coefficient (Wildman–Crippen LogP) is 3.46. The van der Waals surface area contributed by atoms with Gasteiger partial charge in [0.1, 0.15) is 11.5 Å². The smallest absolute Gasteiger partial charge is 0.311 e. The van der Waals surface area contributed by atoms with Crippen molar-refractivity contribution in [1.82, 2.24) is 10.4 Å². The van der Waals surface area contributed by atoms with Crippen molar-refractivity contribution in [3.63, 3.8) is 0 Å². The van der Waals surface area contributed by atoms with Gasteiger partial charge >= 0.3 is 5.97 Å². The van der Waals surface area contributed by atoms with Crippen LogP contribution in [0.2, 0.25) is 0 Å². The van der Waals surface area contributed by atoms with Crippen LogP contribution in [0.1, 0.15) is 22.3 Å². The molecule has 1 heterocycles. The number of hydrazine groups is 1. The van der Waals surface area contributed by atoms with Gasteiger partial charge < -0.3 is 14.8 Å². The second-order valence-electron chi connectivity index (χ2n) is 8.31. The Hall–Kier alpha value is -4.66. The fraction of sp³-hybridized carbons (Fsp3) is 0.185. The first kappa shape index (κ1) is 24.5. The minimum absolute atomic E-state index is 0.0280. The van der Waals surface area contributed by atoms with E-state index >= 15 is 0 Å². The summed E-state index contributed by atoms with van der Waals surface area (Å²) in [5.41, 5.74) is 4.43. The maximum atomic E-state index is 12.4. The molecule has 3 aromatic carbocycles. The first-order valence-corrected chi connectivity index (χ1v) is 11.3. The molecule has 0 unspecified atom stereocenters. The van der Waals surface area contributed by atoms with Crippen LogP contribution in [0.5, 0.6) is 11.5 Å². The topological polar surface area (TPSA) is 114 Å². The molecule has 1 atom stereocenters. The quantitative estimate of drug-likeness (QED) is 0.471. The van der Waals surface area contributed by atoms with E-state index in [-0.39, 0.29) is 13.0 Å². The van der Waals surface area contributed by atoms with Crippen molar-refractivity contribution < 1.29 is 28.7 Å². The van der Waals surface area contributed by atoms with E-state index in [9.17, 15) is 19.2 Å². The average Bonchev–Trinajstić information content (AvgIpc) is 3.25. The third-order valence-corrected chi connectivity index (χ3v) is 5.47. The molecule has 4 rings (SSSR count). The van der Waals surface area contributed by atoms with Crippen molar-refractivity contribution in [3.05, 3.63) is 90.0 Å². The summed E-state index contributed by atoms with van der Waals surface area (Å²) in [7, 11) is 0. The lowest BCUT2D eigenvalue weighted by Gasteiger charge is -2.17. The normalized spacial score (nSPS) is 14.8. The van der Waals surface area contributed by atoms with E-state index in [0.717, 1.165) is 10.6 Å². The van der Waals surface area contributed by atoms with Crippen molar-refractivity contribution >= 4 is 29.4 Å². The lowest BCUT2D eigenvalue weighted by molar-refractivity contribution is -0.151. The molecule has 0 saturated carbocycles. The number of carbonyl (C=O) groups excluding carboxylic acids is 4. The number of anilines is 1. The van der Waals surface area contributed by atoms with Crippen LogP contribution in [0.3, 0.4) is 0 Å². The lowest BCUT2D eigenvalue weighted by atomic mass is 10.1. The van der Waals surface area contributed by atoms with Crippen molar-refractivity contribution in [2.75, 3.05) is 18.5 Å². The highest BCUT2D eigenvalue weighted by atomic mass is 16.5. The van der Waals surface area contributed by atoms with Crippen LogP contribution in [-0.2, 0) is 19.1 Å². The SMILES string of the molecule is Cc1ccc(C(=O)NN2C[C@H](C(=O)OCC(=O)Nc3ccc(Oc4ccccc4)cc3)CC2=O)cc1. The minimum Gasteiger partial charge on any atom is -0.457 e. The third-order valence-electron chi connectivity index (χ3n) is 5.47. The van der Waals surface area contributed by atoms with Crippen LogP contribution in [-0.4, -0.2) is 41.9 Å². The summed E-state index contributed by atoms with van der Waals surface area (Å²) in [5.74, 6) is -1.53. The second kappa shape index (κ2) is 11.2. The van der Waals surface area contributed by atoms with Gasteiger partial charge in [0.15, 0.2) is 6.61 Å². The van der Waals surface area contributed by atoms with E-state index in [1.165, 1.54) is 0 Å². The van der Waals surface area contributed by atoms with Crippen LogP contribution in [0, 0.1) is 12.8 Å². The van der Waals surface area contributed by atoms with E-state index in [4.69, 9.17) is 9.47 Å². The molecule has 0 aromatic heterocycles. The Kier molecular flexibility index (Phi) is 7.60. The summed E-state index contributed by atoms with van der Waals surface area (Å²) in [4.78, 5) is 49.2. The van der Waals surface area contributed by atoms with Gasteiger partial charge in [-0.3, -0.25) is 29.6 Å². The van der Waals surface area contributed by atoms with Gasteiger partial charge in [0.2, 0.25) is 5.91 Å². The molecule has 9 heteroatoms. The predicted molar refractivity (Wildman–Crippen MR) is 131 cm³/mol. The number of aryl methyl sites for hydroxylation is 1. The van der Waals surface area contributed by atoms with Crippen molar-refractivity contribution in [2.45, 2.75) is 13.3 Å². The Morgan fingerprint density at radius 3 is 2.28 bits per heavy atom. The fourth-order valence-electron chi connectivity index (χ4n) is 3.55. The fourth-order valence-corrected chi connectivity index (χ4v) is 3.55. The number of carbonyl (C=O) groups is 4. The summed E-state index contributed by atoms with van der Waals surface area (Å²) in [5, 5.41) is 3.74. The van der Waals surface area contributed by atoms with E-state index in [0.29, 0.717) is 22.7 Å². The summed E-state index contributed by atoms with van der Waals surface area (Å²) in [6.07, 6.45) is -0.114. The van der Waals surface area contributed by atoms with Gasteiger partial charge in [0.05, 0.1) is 12.5 Å². The second-order valence-corrected chi connectivity index (χ2v) is 8.31. The van der Waals surface area contributed by atoms with Gasteiger partial charge in [-0.25, -0.2) is 0 Å². The first-order chi connectivity index (χ1) is 17.4. The van der Waals surface area contributed by atoms with Crippen molar-refractivity contribution in [2.24, 2.45) is 5.92 Å². The van der Waals surface area contributed by atoms with E-state index in [1.54, 1.807) is 48.5 Å². The Labute approximate surface area is 208 Å². The highest BCUT2D eigenvalue weighted by molar-refractivity contribution is 5.97. The molecule has 1 saturated heterocycles. The Balaban J connectivity index is 1.21. The zero-order valence-electron chi connectivity index (χ0n) is 19.6. The summed E-state index contributed by atoms with van der Waals surface area (Å²) >= 11 is 0. The van der Waals surface area contributed by atoms with Crippen molar-refractivity contribution in [3.8, 4) is 11.5 Å². The molecule has 1 aliphatic rings. The summed E-state index contributed by atoms with van der Waals surface area (Å²) < 4.78 is 10.8. The molecule has 36 heavy (non-hydrogen) atoms. The molecule has 0 bridgehead atoms. The first-order valence-electron chi connectivity index (χ1n) is 11.3. The van der Waals surface area contributed by atoms with Gasteiger partial charge in [0, 0.05) is 17.7 Å². The zero-order valence-corrected chi connectivity index (χ0v) is 19.6. The number of amides is 3. The zero-order chi connectivity index (χ0) is 25.5. The Morgan fingerprint density at radius 2 is 1.58 bits per heavy atom. The maximum Gasteiger partial charge on any atom is 0.311 e. The molecular formula is C27H25N3O6. The molecule has 0 spiro atoms. The third kappa shape index (κ3) is 6.47. The number of hydrogen-bond donors (Lipinski definition) is 2. The maximum absolute atomic E-state index is 12.4. The summed E-state index contributed by atoms with van der Waals surface area (Å²) in [6, 6.07) is 22.9. The molecule has 1 fully saturated rings. The van der Waals surface area contributed by atoms with Crippen molar-refractivity contribution in [1.29, 1.82) is 0 Å². The highest BCUT2D eigenvalue weighted by Crippen LogP contribution is 2.23. The number of para-hydroxylation sites is 1. The molecule has 184 valence electrons. The van der Waals surface area contributed by atoms with E-state index in [1.807, 2.05) is 37.3 Å². The Bertz CT molecular complexity index is 1240. The van der Waals surface area contributed by atoms with E-state index < -0.39 is 36.2 Å². The molecule has 9 nitrogen and oxygen atoms in total. The minimum atomic E-state index is -0.780. The molecule has 3 aromatic rings. The number of esters is 1. The molecule has 1 aliphatic heterocycles. The van der Waals surface area contributed by atoms with E-state index in [2.05, 4.69) is 10.7 Å².